The number of carbonyl (C=O) groups excluding carboxylic acids is 1. The van der Waals surface area contributed by atoms with Crippen LogP contribution in [0.15, 0.2) is 24.3 Å². The molecule has 0 radical (unpaired) electrons. The van der Waals surface area contributed by atoms with Crippen molar-refractivity contribution in [3.63, 3.8) is 0 Å². The van der Waals surface area contributed by atoms with E-state index in [2.05, 4.69) is 10.6 Å². The Kier molecular flexibility index (Phi) is 4.14. The van der Waals surface area contributed by atoms with Crippen molar-refractivity contribution in [1.29, 1.82) is 0 Å². The molecule has 0 atom stereocenters. The number of urea groups is 1. The Morgan fingerprint density at radius 3 is 2.35 bits per heavy atom. The lowest BCUT2D eigenvalue weighted by Crippen LogP contribution is -2.24. The first-order valence-corrected chi connectivity index (χ1v) is 6.90. The van der Waals surface area contributed by atoms with Gasteiger partial charge in [0.05, 0.1) is 0 Å². The molecule has 92 valence electrons. The van der Waals surface area contributed by atoms with Crippen molar-refractivity contribution in [3.05, 3.63) is 24.3 Å². The second kappa shape index (κ2) is 5.82. The third kappa shape index (κ3) is 3.85. The molecule has 0 spiro atoms. The van der Waals surface area contributed by atoms with Gasteiger partial charge in [-0.05, 0) is 48.6 Å². The van der Waals surface area contributed by atoms with Gasteiger partial charge in [-0.25, -0.2) is 4.79 Å². The first-order chi connectivity index (χ1) is 8.24. The van der Waals surface area contributed by atoms with E-state index in [0.717, 1.165) is 11.4 Å². The topological polar surface area (TPSA) is 67.2 Å². The zero-order valence-electron chi connectivity index (χ0n) is 9.61. The minimum absolute atomic E-state index is 0.532. The maximum absolute atomic E-state index is 10.7. The highest BCUT2D eigenvalue weighted by molar-refractivity contribution is 7.99. The van der Waals surface area contributed by atoms with E-state index >= 15 is 0 Å². The molecule has 0 unspecified atom stereocenters. The number of rotatable bonds is 3. The van der Waals surface area contributed by atoms with Crippen molar-refractivity contribution in [1.82, 2.24) is 0 Å². The van der Waals surface area contributed by atoms with E-state index in [1.165, 1.54) is 24.3 Å². The van der Waals surface area contributed by atoms with Gasteiger partial charge in [-0.2, -0.15) is 11.8 Å². The Balaban J connectivity index is 1.90. The monoisotopic (exact) mass is 251 g/mol. The lowest BCUT2D eigenvalue weighted by Gasteiger charge is -2.23. The van der Waals surface area contributed by atoms with Gasteiger partial charge in [-0.1, -0.05) is 0 Å². The van der Waals surface area contributed by atoms with Crippen LogP contribution in [-0.4, -0.2) is 23.6 Å². The molecule has 17 heavy (non-hydrogen) atoms. The molecular formula is C12H17N3OS. The summed E-state index contributed by atoms with van der Waals surface area (Å²) in [7, 11) is 0. The van der Waals surface area contributed by atoms with Crippen molar-refractivity contribution >= 4 is 29.2 Å². The Morgan fingerprint density at radius 1 is 1.18 bits per heavy atom. The van der Waals surface area contributed by atoms with E-state index in [4.69, 9.17) is 5.73 Å². The third-order valence-corrected chi connectivity index (χ3v) is 3.79. The standard InChI is InChI=1S/C12H17N3OS/c13-12(16)15-10-3-1-9(2-4-10)14-11-5-7-17-8-6-11/h1-4,11,14H,5-8H2,(H3,13,15,16). The fourth-order valence-electron chi connectivity index (χ4n) is 1.87. The molecule has 1 aromatic carbocycles. The number of nitrogens with two attached hydrogens (primary N) is 1. The number of carbonyl (C=O) groups is 1. The average molecular weight is 251 g/mol. The third-order valence-electron chi connectivity index (χ3n) is 2.74. The van der Waals surface area contributed by atoms with Gasteiger partial charge in [0, 0.05) is 17.4 Å². The van der Waals surface area contributed by atoms with Crippen LogP contribution in [0.1, 0.15) is 12.8 Å². The van der Waals surface area contributed by atoms with Gasteiger partial charge in [-0.15, -0.1) is 0 Å². The summed E-state index contributed by atoms with van der Waals surface area (Å²) < 4.78 is 0. The first-order valence-electron chi connectivity index (χ1n) is 5.75. The summed E-state index contributed by atoms with van der Waals surface area (Å²) in [5, 5.41) is 6.05. The second-order valence-electron chi connectivity index (χ2n) is 4.10. The van der Waals surface area contributed by atoms with Crippen LogP contribution >= 0.6 is 11.8 Å². The number of benzene rings is 1. The summed E-state index contributed by atoms with van der Waals surface area (Å²) >= 11 is 2.02. The maximum Gasteiger partial charge on any atom is 0.316 e. The molecule has 0 aromatic heterocycles. The van der Waals surface area contributed by atoms with E-state index in [9.17, 15) is 4.79 Å². The molecule has 1 heterocycles. The average Bonchev–Trinajstić information content (AvgIpc) is 2.32. The highest BCUT2D eigenvalue weighted by Gasteiger charge is 2.12. The van der Waals surface area contributed by atoms with E-state index in [1.807, 2.05) is 36.0 Å². The zero-order chi connectivity index (χ0) is 12.1. The quantitative estimate of drug-likeness (QED) is 0.773. The summed E-state index contributed by atoms with van der Waals surface area (Å²) in [6.07, 6.45) is 2.43. The van der Waals surface area contributed by atoms with Crippen LogP contribution < -0.4 is 16.4 Å². The van der Waals surface area contributed by atoms with Crippen LogP contribution in [0.2, 0.25) is 0 Å². The maximum atomic E-state index is 10.7. The predicted octanol–water partition coefficient (Wildman–Crippen LogP) is 2.48. The Morgan fingerprint density at radius 2 is 1.76 bits per heavy atom. The van der Waals surface area contributed by atoms with Gasteiger partial charge in [-0.3, -0.25) is 0 Å². The number of amides is 2. The highest BCUT2D eigenvalue weighted by atomic mass is 32.2. The van der Waals surface area contributed by atoms with Gasteiger partial charge in [0.25, 0.3) is 0 Å². The van der Waals surface area contributed by atoms with E-state index in [-0.39, 0.29) is 0 Å². The van der Waals surface area contributed by atoms with Crippen LogP contribution in [0.3, 0.4) is 0 Å². The largest absolute Gasteiger partial charge is 0.382 e. The number of hydrogen-bond donors (Lipinski definition) is 3. The first kappa shape index (κ1) is 12.1. The minimum Gasteiger partial charge on any atom is -0.382 e. The van der Waals surface area contributed by atoms with E-state index < -0.39 is 6.03 Å². The summed E-state index contributed by atoms with van der Waals surface area (Å²) in [4.78, 5) is 10.7. The smallest absolute Gasteiger partial charge is 0.316 e. The van der Waals surface area contributed by atoms with E-state index in [1.54, 1.807) is 0 Å². The molecule has 1 aliphatic rings. The van der Waals surface area contributed by atoms with Crippen LogP contribution in [0.4, 0.5) is 16.2 Å². The Bertz CT molecular complexity index is 374. The van der Waals surface area contributed by atoms with Gasteiger partial charge < -0.3 is 16.4 Å². The van der Waals surface area contributed by atoms with Gasteiger partial charge in [0.2, 0.25) is 0 Å². The van der Waals surface area contributed by atoms with Crippen molar-refractivity contribution < 1.29 is 4.79 Å². The SMILES string of the molecule is NC(=O)Nc1ccc(NC2CCSCC2)cc1. The Hall–Kier alpha value is -1.36. The fourth-order valence-corrected chi connectivity index (χ4v) is 2.98. The number of hydrogen-bond acceptors (Lipinski definition) is 3. The van der Waals surface area contributed by atoms with Crippen molar-refractivity contribution in [2.24, 2.45) is 5.73 Å². The molecule has 1 fully saturated rings. The number of thioether (sulfide) groups is 1. The lowest BCUT2D eigenvalue weighted by atomic mass is 10.1. The Labute approximate surface area is 105 Å². The van der Waals surface area contributed by atoms with Gasteiger partial charge in [0.15, 0.2) is 0 Å². The number of anilines is 2. The van der Waals surface area contributed by atoms with Crippen LogP contribution in [0.25, 0.3) is 0 Å². The van der Waals surface area contributed by atoms with Gasteiger partial charge in [0.1, 0.15) is 0 Å². The molecule has 2 amide bonds. The zero-order valence-corrected chi connectivity index (χ0v) is 10.4. The number of primary amides is 1. The van der Waals surface area contributed by atoms with Crippen LogP contribution in [0.5, 0.6) is 0 Å². The summed E-state index contributed by atoms with van der Waals surface area (Å²) in [6.45, 7) is 0. The fraction of sp³-hybridized carbons (Fsp3) is 0.417. The molecule has 4 nitrogen and oxygen atoms in total. The van der Waals surface area contributed by atoms with Crippen molar-refractivity contribution in [2.45, 2.75) is 18.9 Å². The molecule has 0 aliphatic carbocycles. The van der Waals surface area contributed by atoms with E-state index in [0.29, 0.717) is 6.04 Å². The molecule has 0 saturated carbocycles. The molecule has 0 bridgehead atoms. The normalized spacial score (nSPS) is 16.5. The molecule has 5 heteroatoms. The van der Waals surface area contributed by atoms with Crippen molar-refractivity contribution in [3.8, 4) is 0 Å². The minimum atomic E-state index is -0.532. The molecule has 1 aromatic rings. The van der Waals surface area contributed by atoms with Crippen molar-refractivity contribution in [2.75, 3.05) is 22.1 Å². The lowest BCUT2D eigenvalue weighted by molar-refractivity contribution is 0.259. The molecular weight excluding hydrogens is 234 g/mol. The molecule has 4 N–H and O–H groups in total. The predicted molar refractivity (Wildman–Crippen MR) is 73.6 cm³/mol. The molecule has 1 aliphatic heterocycles. The summed E-state index contributed by atoms with van der Waals surface area (Å²) in [5.41, 5.74) is 6.86. The van der Waals surface area contributed by atoms with Gasteiger partial charge >= 0.3 is 6.03 Å². The van der Waals surface area contributed by atoms with Crippen LogP contribution in [0, 0.1) is 0 Å². The highest BCUT2D eigenvalue weighted by Crippen LogP contribution is 2.21. The molecule has 1 saturated heterocycles. The number of nitrogens with one attached hydrogen (secondary N) is 2. The van der Waals surface area contributed by atoms with Crippen LogP contribution in [-0.2, 0) is 0 Å². The summed E-state index contributed by atoms with van der Waals surface area (Å²) in [5.74, 6) is 2.47. The summed E-state index contributed by atoms with van der Waals surface area (Å²) in [6, 6.07) is 7.68. The second-order valence-corrected chi connectivity index (χ2v) is 5.32. The molecule has 2 rings (SSSR count).